The van der Waals surface area contributed by atoms with Gasteiger partial charge in [-0.3, -0.25) is 0 Å². The van der Waals surface area contributed by atoms with Crippen molar-refractivity contribution in [3.63, 3.8) is 0 Å². The average molecular weight is 350 g/mol. The molecule has 5 nitrogen and oxygen atoms in total. The second kappa shape index (κ2) is 7.38. The molecule has 0 aliphatic carbocycles. The maximum Gasteiger partial charge on any atom is 0.421 e. The zero-order chi connectivity index (χ0) is 18.6. The maximum atomic E-state index is 13.3. The first-order chi connectivity index (χ1) is 11.8. The summed E-state index contributed by atoms with van der Waals surface area (Å²) < 4.78 is 45.4. The van der Waals surface area contributed by atoms with Crippen LogP contribution < -0.4 is 9.64 Å². The highest BCUT2D eigenvalue weighted by Crippen LogP contribution is 2.37. The molecule has 0 aliphatic rings. The molecule has 1 aromatic heterocycles. The molecule has 2 aromatic rings. The molecule has 1 heterocycles. The number of ether oxygens (including phenoxy) is 1. The van der Waals surface area contributed by atoms with Crippen molar-refractivity contribution < 1.29 is 17.9 Å². The van der Waals surface area contributed by atoms with E-state index in [0.717, 1.165) is 0 Å². The van der Waals surface area contributed by atoms with Crippen molar-refractivity contribution in [3.8, 4) is 12.1 Å². The molecule has 0 radical (unpaired) electrons. The van der Waals surface area contributed by atoms with Crippen molar-refractivity contribution in [3.05, 3.63) is 41.6 Å². The fourth-order valence-corrected chi connectivity index (χ4v) is 2.04. The second-order valence-corrected chi connectivity index (χ2v) is 5.45. The molecule has 8 heteroatoms. The molecule has 0 saturated carbocycles. The average Bonchev–Trinajstić information content (AvgIpc) is 2.60. The molecule has 1 atom stereocenters. The summed E-state index contributed by atoms with van der Waals surface area (Å²) in [5, 5.41) is 8.97. The van der Waals surface area contributed by atoms with Crippen molar-refractivity contribution in [1.82, 2.24) is 9.97 Å². The molecule has 2 rings (SSSR count). The van der Waals surface area contributed by atoms with Gasteiger partial charge in [0.15, 0.2) is 5.82 Å². The highest BCUT2D eigenvalue weighted by Gasteiger charge is 2.37. The Bertz CT molecular complexity index is 786. The first kappa shape index (κ1) is 18.5. The highest BCUT2D eigenvalue weighted by molar-refractivity contribution is 5.64. The van der Waals surface area contributed by atoms with Crippen molar-refractivity contribution in [2.75, 3.05) is 11.9 Å². The summed E-state index contributed by atoms with van der Waals surface area (Å²) in [6.07, 6.45) is -3.47. The number of alkyl halides is 3. The van der Waals surface area contributed by atoms with Gasteiger partial charge < -0.3 is 9.64 Å². The first-order valence-electron chi connectivity index (χ1n) is 7.61. The standard InChI is InChI=1S/C17H17F3N4O/c1-4-11(2)25-16-22-10-14(17(18,19)20)15(23-16)24(3)13-7-5-6-12(8-13)9-21/h5-8,10-11H,4H2,1-3H3. The molecule has 0 aliphatic heterocycles. The highest BCUT2D eigenvalue weighted by atomic mass is 19.4. The lowest BCUT2D eigenvalue weighted by Crippen LogP contribution is -2.20. The smallest absolute Gasteiger partial charge is 0.421 e. The predicted octanol–water partition coefficient (Wildman–Crippen LogP) is 4.31. The summed E-state index contributed by atoms with van der Waals surface area (Å²) in [5.74, 6) is -0.337. The topological polar surface area (TPSA) is 62.0 Å². The summed E-state index contributed by atoms with van der Waals surface area (Å²) in [4.78, 5) is 8.88. The molecule has 0 N–H and O–H groups in total. The van der Waals surface area contributed by atoms with Gasteiger partial charge in [-0.05, 0) is 31.5 Å². The lowest BCUT2D eigenvalue weighted by atomic mass is 10.2. The van der Waals surface area contributed by atoms with Gasteiger partial charge in [-0.2, -0.15) is 23.4 Å². The molecule has 0 fully saturated rings. The summed E-state index contributed by atoms with van der Waals surface area (Å²) in [7, 11) is 1.45. The fraction of sp³-hybridized carbons (Fsp3) is 0.353. The van der Waals surface area contributed by atoms with Gasteiger partial charge in [0.2, 0.25) is 0 Å². The minimum atomic E-state index is -4.62. The molecule has 0 bridgehead atoms. The number of benzene rings is 1. The van der Waals surface area contributed by atoms with Crippen LogP contribution >= 0.6 is 0 Å². The minimum absolute atomic E-state index is 0.124. The third-order valence-corrected chi connectivity index (χ3v) is 3.61. The van der Waals surface area contributed by atoms with E-state index in [0.29, 0.717) is 23.9 Å². The monoisotopic (exact) mass is 350 g/mol. The van der Waals surface area contributed by atoms with Gasteiger partial charge in [0.25, 0.3) is 0 Å². The van der Waals surface area contributed by atoms with Crippen LogP contribution in [0, 0.1) is 11.3 Å². The van der Waals surface area contributed by atoms with Crippen molar-refractivity contribution in [2.24, 2.45) is 0 Å². The van der Waals surface area contributed by atoms with Crippen LogP contribution in [-0.4, -0.2) is 23.1 Å². The lowest BCUT2D eigenvalue weighted by Gasteiger charge is -2.23. The summed E-state index contributed by atoms with van der Waals surface area (Å²) >= 11 is 0. The van der Waals surface area contributed by atoms with Gasteiger partial charge >= 0.3 is 12.2 Å². The van der Waals surface area contributed by atoms with E-state index in [1.54, 1.807) is 25.1 Å². The zero-order valence-corrected chi connectivity index (χ0v) is 14.0. The van der Waals surface area contributed by atoms with Crippen LogP contribution in [0.15, 0.2) is 30.5 Å². The Labute approximate surface area is 143 Å². The molecule has 0 amide bonds. The van der Waals surface area contributed by atoms with Gasteiger partial charge in [-0.15, -0.1) is 0 Å². The largest absolute Gasteiger partial charge is 0.460 e. The number of hydrogen-bond donors (Lipinski definition) is 0. The summed E-state index contributed by atoms with van der Waals surface area (Å²) in [5.41, 5.74) is -0.241. The van der Waals surface area contributed by atoms with Crippen LogP contribution in [0.4, 0.5) is 24.7 Å². The van der Waals surface area contributed by atoms with Gasteiger partial charge in [0, 0.05) is 18.9 Å². The Morgan fingerprint density at radius 2 is 2.08 bits per heavy atom. The Morgan fingerprint density at radius 3 is 2.68 bits per heavy atom. The lowest BCUT2D eigenvalue weighted by molar-refractivity contribution is -0.137. The van der Waals surface area contributed by atoms with Crippen molar-refractivity contribution in [1.29, 1.82) is 5.26 Å². The van der Waals surface area contributed by atoms with Crippen molar-refractivity contribution >= 4 is 11.5 Å². The molecule has 1 unspecified atom stereocenters. The zero-order valence-electron chi connectivity index (χ0n) is 14.0. The second-order valence-electron chi connectivity index (χ2n) is 5.45. The molecule has 25 heavy (non-hydrogen) atoms. The molecule has 0 spiro atoms. The summed E-state index contributed by atoms with van der Waals surface area (Å²) in [6, 6.07) is 8.07. The number of nitriles is 1. The van der Waals surface area contributed by atoms with E-state index in [2.05, 4.69) is 9.97 Å². The molecule has 0 saturated heterocycles. The Balaban J connectivity index is 2.51. The molecule has 1 aromatic carbocycles. The van der Waals surface area contributed by atoms with E-state index in [9.17, 15) is 13.2 Å². The van der Waals surface area contributed by atoms with Crippen LogP contribution in [0.1, 0.15) is 31.4 Å². The van der Waals surface area contributed by atoms with E-state index >= 15 is 0 Å². The normalized spacial score (nSPS) is 12.4. The minimum Gasteiger partial charge on any atom is -0.460 e. The summed E-state index contributed by atoms with van der Waals surface area (Å²) in [6.45, 7) is 3.66. The van der Waals surface area contributed by atoms with Crippen molar-refractivity contribution in [2.45, 2.75) is 32.5 Å². The van der Waals surface area contributed by atoms with Crippen LogP contribution in [0.3, 0.4) is 0 Å². The third kappa shape index (κ3) is 4.38. The number of nitrogens with zero attached hydrogens (tertiary/aromatic N) is 4. The Morgan fingerprint density at radius 1 is 1.36 bits per heavy atom. The van der Waals surface area contributed by atoms with Gasteiger partial charge in [0.1, 0.15) is 5.56 Å². The Hall–Kier alpha value is -2.82. The molecular weight excluding hydrogens is 333 g/mol. The van der Waals surface area contributed by atoms with Crippen LogP contribution in [0.5, 0.6) is 6.01 Å². The van der Waals surface area contributed by atoms with Gasteiger partial charge in [-0.1, -0.05) is 13.0 Å². The molecule has 132 valence electrons. The fourth-order valence-electron chi connectivity index (χ4n) is 2.04. The van der Waals surface area contributed by atoms with E-state index in [-0.39, 0.29) is 17.9 Å². The van der Waals surface area contributed by atoms with E-state index in [4.69, 9.17) is 10.00 Å². The number of rotatable bonds is 5. The first-order valence-corrected chi connectivity index (χ1v) is 7.61. The Kier molecular flexibility index (Phi) is 5.47. The SMILES string of the molecule is CCC(C)Oc1ncc(C(F)(F)F)c(N(C)c2cccc(C#N)c2)n1. The number of hydrogen-bond acceptors (Lipinski definition) is 5. The number of anilines is 2. The van der Waals surface area contributed by atoms with E-state index in [1.807, 2.05) is 13.0 Å². The predicted molar refractivity (Wildman–Crippen MR) is 86.6 cm³/mol. The number of halogens is 3. The van der Waals surface area contributed by atoms with E-state index in [1.165, 1.54) is 18.0 Å². The van der Waals surface area contributed by atoms with Crippen LogP contribution in [0.2, 0.25) is 0 Å². The van der Waals surface area contributed by atoms with Gasteiger partial charge in [-0.25, -0.2) is 4.98 Å². The maximum absolute atomic E-state index is 13.3. The number of aromatic nitrogens is 2. The molecular formula is C17H17F3N4O. The van der Waals surface area contributed by atoms with Crippen LogP contribution in [0.25, 0.3) is 0 Å². The van der Waals surface area contributed by atoms with E-state index < -0.39 is 11.7 Å². The van der Waals surface area contributed by atoms with Gasteiger partial charge in [0.05, 0.1) is 17.7 Å². The van der Waals surface area contributed by atoms with Crippen LogP contribution in [-0.2, 0) is 6.18 Å². The third-order valence-electron chi connectivity index (χ3n) is 3.61. The quantitative estimate of drug-likeness (QED) is 0.804.